The summed E-state index contributed by atoms with van der Waals surface area (Å²) < 4.78 is 5.07. The van der Waals surface area contributed by atoms with Gasteiger partial charge in [0.25, 0.3) is 0 Å². The second-order valence-electron chi connectivity index (χ2n) is 5.02. The molecule has 0 bridgehead atoms. The largest absolute Gasteiger partial charge is 0.497 e. The predicted molar refractivity (Wildman–Crippen MR) is 75.5 cm³/mol. The van der Waals surface area contributed by atoms with Gasteiger partial charge in [-0.25, -0.2) is 4.79 Å². The lowest BCUT2D eigenvalue weighted by Crippen LogP contribution is -2.46. The Balaban J connectivity index is 2.96. The first-order chi connectivity index (χ1) is 9.36. The molecule has 0 saturated heterocycles. The van der Waals surface area contributed by atoms with Gasteiger partial charge >= 0.3 is 5.97 Å². The SMILES string of the molecule is COc1ccc(CN(C(C)=O)C(C(=O)O)C(C)C)cc1. The molecule has 1 rings (SSSR count). The lowest BCUT2D eigenvalue weighted by Gasteiger charge is -2.30. The van der Waals surface area contributed by atoms with Gasteiger partial charge in [-0.15, -0.1) is 0 Å². The number of hydrogen-bond acceptors (Lipinski definition) is 3. The van der Waals surface area contributed by atoms with Crippen LogP contribution in [0.1, 0.15) is 26.3 Å². The van der Waals surface area contributed by atoms with Gasteiger partial charge in [-0.1, -0.05) is 26.0 Å². The van der Waals surface area contributed by atoms with Crippen molar-refractivity contribution in [2.75, 3.05) is 7.11 Å². The number of amides is 1. The Morgan fingerprint density at radius 2 is 1.80 bits per heavy atom. The molecular formula is C15H21NO4. The molecule has 0 aliphatic carbocycles. The minimum atomic E-state index is -0.983. The van der Waals surface area contributed by atoms with E-state index in [1.807, 2.05) is 12.1 Å². The van der Waals surface area contributed by atoms with E-state index in [-0.39, 0.29) is 18.4 Å². The third-order valence-electron chi connectivity index (χ3n) is 3.14. The van der Waals surface area contributed by atoms with Crippen LogP contribution in [0.4, 0.5) is 0 Å². The van der Waals surface area contributed by atoms with Crippen molar-refractivity contribution < 1.29 is 19.4 Å². The Kier molecular flexibility index (Phi) is 5.55. The minimum Gasteiger partial charge on any atom is -0.497 e. The molecule has 1 N–H and O–H groups in total. The molecule has 0 aromatic heterocycles. The molecule has 5 nitrogen and oxygen atoms in total. The third kappa shape index (κ3) is 3.98. The number of methoxy groups -OCH3 is 1. The van der Waals surface area contributed by atoms with E-state index in [1.54, 1.807) is 33.1 Å². The molecule has 1 aromatic carbocycles. The van der Waals surface area contributed by atoms with Crippen LogP contribution in [0.3, 0.4) is 0 Å². The number of benzene rings is 1. The highest BCUT2D eigenvalue weighted by Gasteiger charge is 2.30. The number of carboxylic acids is 1. The molecule has 0 radical (unpaired) electrons. The number of hydrogen-bond donors (Lipinski definition) is 1. The quantitative estimate of drug-likeness (QED) is 0.866. The molecule has 0 saturated carbocycles. The van der Waals surface area contributed by atoms with E-state index in [4.69, 9.17) is 4.74 Å². The summed E-state index contributed by atoms with van der Waals surface area (Å²) in [4.78, 5) is 24.5. The fourth-order valence-corrected chi connectivity index (χ4v) is 2.11. The van der Waals surface area contributed by atoms with Gasteiger partial charge in [-0.2, -0.15) is 0 Å². The molecule has 0 aliphatic rings. The fourth-order valence-electron chi connectivity index (χ4n) is 2.11. The van der Waals surface area contributed by atoms with Crippen molar-refractivity contribution in [1.29, 1.82) is 0 Å². The first-order valence-electron chi connectivity index (χ1n) is 6.49. The van der Waals surface area contributed by atoms with Crippen molar-refractivity contribution in [1.82, 2.24) is 4.90 Å². The van der Waals surface area contributed by atoms with Crippen molar-refractivity contribution >= 4 is 11.9 Å². The minimum absolute atomic E-state index is 0.158. The zero-order valence-corrected chi connectivity index (χ0v) is 12.3. The molecular weight excluding hydrogens is 258 g/mol. The Morgan fingerprint density at radius 1 is 1.25 bits per heavy atom. The van der Waals surface area contributed by atoms with E-state index in [9.17, 15) is 14.7 Å². The second-order valence-corrected chi connectivity index (χ2v) is 5.02. The summed E-state index contributed by atoms with van der Waals surface area (Å²) in [7, 11) is 1.58. The number of carbonyl (C=O) groups excluding carboxylic acids is 1. The summed E-state index contributed by atoms with van der Waals surface area (Å²) in [5.41, 5.74) is 0.868. The van der Waals surface area contributed by atoms with Crippen molar-refractivity contribution in [3.05, 3.63) is 29.8 Å². The van der Waals surface area contributed by atoms with Gasteiger partial charge in [0.2, 0.25) is 5.91 Å². The third-order valence-corrected chi connectivity index (χ3v) is 3.14. The monoisotopic (exact) mass is 279 g/mol. The van der Waals surface area contributed by atoms with E-state index in [2.05, 4.69) is 0 Å². The van der Waals surface area contributed by atoms with Crippen LogP contribution in [0.5, 0.6) is 5.75 Å². The molecule has 0 spiro atoms. The van der Waals surface area contributed by atoms with Crippen LogP contribution in [0.2, 0.25) is 0 Å². The molecule has 1 atom stereocenters. The number of ether oxygens (including phenoxy) is 1. The molecule has 20 heavy (non-hydrogen) atoms. The number of carboxylic acid groups (broad SMARTS) is 1. The molecule has 110 valence electrons. The van der Waals surface area contributed by atoms with E-state index >= 15 is 0 Å². The average Bonchev–Trinajstić information content (AvgIpc) is 2.37. The summed E-state index contributed by atoms with van der Waals surface area (Å²) in [6, 6.07) is 6.41. The first-order valence-corrected chi connectivity index (χ1v) is 6.49. The lowest BCUT2D eigenvalue weighted by molar-refractivity contribution is -0.152. The van der Waals surface area contributed by atoms with Gasteiger partial charge in [0.05, 0.1) is 7.11 Å². The number of rotatable bonds is 6. The van der Waals surface area contributed by atoms with Crippen LogP contribution < -0.4 is 4.74 Å². The van der Waals surface area contributed by atoms with Crippen molar-refractivity contribution in [3.8, 4) is 5.75 Å². The normalized spacial score (nSPS) is 12.1. The molecule has 0 aliphatic heterocycles. The van der Waals surface area contributed by atoms with E-state index in [0.29, 0.717) is 0 Å². The van der Waals surface area contributed by atoms with Crippen LogP contribution in [0.25, 0.3) is 0 Å². The van der Waals surface area contributed by atoms with Gasteiger partial charge in [-0.3, -0.25) is 4.79 Å². The Bertz CT molecular complexity index is 467. The highest BCUT2D eigenvalue weighted by atomic mass is 16.5. The summed E-state index contributed by atoms with van der Waals surface area (Å²) in [6.45, 7) is 5.25. The van der Waals surface area contributed by atoms with E-state index in [0.717, 1.165) is 11.3 Å². The number of carbonyl (C=O) groups is 2. The zero-order valence-electron chi connectivity index (χ0n) is 12.3. The van der Waals surface area contributed by atoms with Crippen molar-refractivity contribution in [2.24, 2.45) is 5.92 Å². The fraction of sp³-hybridized carbons (Fsp3) is 0.467. The first kappa shape index (κ1) is 16.0. The molecule has 1 unspecified atom stereocenters. The summed E-state index contributed by atoms with van der Waals surface area (Å²) in [6.07, 6.45) is 0. The van der Waals surface area contributed by atoms with E-state index < -0.39 is 12.0 Å². The Morgan fingerprint density at radius 3 is 2.15 bits per heavy atom. The number of aliphatic carboxylic acids is 1. The molecule has 0 heterocycles. The maximum atomic E-state index is 11.8. The van der Waals surface area contributed by atoms with Crippen LogP contribution in [-0.4, -0.2) is 35.0 Å². The highest BCUT2D eigenvalue weighted by Crippen LogP contribution is 2.18. The average molecular weight is 279 g/mol. The standard InChI is InChI=1S/C15H21NO4/c1-10(2)14(15(18)19)16(11(3)17)9-12-5-7-13(20-4)8-6-12/h5-8,10,14H,9H2,1-4H3,(H,18,19). The van der Waals surface area contributed by atoms with Gasteiger partial charge in [0, 0.05) is 13.5 Å². The Hall–Kier alpha value is -2.04. The predicted octanol–water partition coefficient (Wildman–Crippen LogP) is 2.15. The second kappa shape index (κ2) is 6.93. The molecule has 1 aromatic rings. The molecule has 0 fully saturated rings. The van der Waals surface area contributed by atoms with Crippen LogP contribution >= 0.6 is 0 Å². The summed E-state index contributed by atoms with van der Waals surface area (Å²) in [5.74, 6) is -0.665. The zero-order chi connectivity index (χ0) is 15.3. The molecule has 1 amide bonds. The topological polar surface area (TPSA) is 66.8 Å². The van der Waals surface area contributed by atoms with Gasteiger partial charge in [0.15, 0.2) is 0 Å². The molecule has 5 heteroatoms. The van der Waals surface area contributed by atoms with Crippen molar-refractivity contribution in [2.45, 2.75) is 33.4 Å². The van der Waals surface area contributed by atoms with Crippen LogP contribution in [0, 0.1) is 5.92 Å². The summed E-state index contributed by atoms with van der Waals surface area (Å²) in [5, 5.41) is 9.31. The van der Waals surface area contributed by atoms with Crippen LogP contribution in [0.15, 0.2) is 24.3 Å². The highest BCUT2D eigenvalue weighted by molar-refractivity contribution is 5.82. The smallest absolute Gasteiger partial charge is 0.326 e. The Labute approximate surface area is 119 Å². The number of nitrogens with zero attached hydrogens (tertiary/aromatic N) is 1. The van der Waals surface area contributed by atoms with Crippen LogP contribution in [-0.2, 0) is 16.1 Å². The summed E-state index contributed by atoms with van der Waals surface area (Å²) >= 11 is 0. The van der Waals surface area contributed by atoms with Gasteiger partial charge in [-0.05, 0) is 23.6 Å². The van der Waals surface area contributed by atoms with Gasteiger partial charge < -0.3 is 14.7 Å². The lowest BCUT2D eigenvalue weighted by atomic mass is 10.0. The maximum Gasteiger partial charge on any atom is 0.326 e. The maximum absolute atomic E-state index is 11.8. The van der Waals surface area contributed by atoms with E-state index in [1.165, 1.54) is 11.8 Å². The van der Waals surface area contributed by atoms with Crippen molar-refractivity contribution in [3.63, 3.8) is 0 Å². The van der Waals surface area contributed by atoms with Gasteiger partial charge in [0.1, 0.15) is 11.8 Å².